The van der Waals surface area contributed by atoms with E-state index in [1.807, 2.05) is 36.4 Å². The molecule has 1 N–H and O–H groups in total. The number of carboxylic acids is 1. The molecule has 2 heterocycles. The third kappa shape index (κ3) is 3.79. The quantitative estimate of drug-likeness (QED) is 0.600. The Morgan fingerprint density at radius 2 is 1.66 bits per heavy atom. The Labute approximate surface area is 181 Å². The largest absolute Gasteiger partial charge is 0.480 e. The zero-order valence-corrected chi connectivity index (χ0v) is 17.6. The molecular weight excluding hydrogens is 408 g/mol. The van der Waals surface area contributed by atoms with Crippen LogP contribution in [0.2, 0.25) is 0 Å². The number of hydrogen-bond acceptors (Lipinski definition) is 7. The number of Topliss-reactive ketones (excluding diaryl/α,β-unsaturated/α-hetero) is 2. The topological polar surface area (TPSA) is 77.9 Å². The SMILES string of the molecule is O=C(CC1C=Cc2ccccc21)C1CCN(S)[C@H]1C(=O)C1CCN(S)[C@@H]1C(=O)O. The summed E-state index contributed by atoms with van der Waals surface area (Å²) in [5.74, 6) is -2.33. The highest BCUT2D eigenvalue weighted by atomic mass is 32.1. The van der Waals surface area contributed by atoms with Crippen molar-refractivity contribution in [3.63, 3.8) is 0 Å². The summed E-state index contributed by atoms with van der Waals surface area (Å²) in [6.45, 7) is 0.958. The van der Waals surface area contributed by atoms with Crippen molar-refractivity contribution in [2.75, 3.05) is 13.1 Å². The molecular formula is C21H24N2O4S2. The molecule has 5 atom stereocenters. The number of thiol groups is 2. The number of benzene rings is 1. The highest BCUT2D eigenvalue weighted by Gasteiger charge is 2.50. The zero-order chi connectivity index (χ0) is 20.7. The van der Waals surface area contributed by atoms with Gasteiger partial charge in [-0.25, -0.2) is 8.61 Å². The maximum Gasteiger partial charge on any atom is 0.322 e. The molecule has 0 amide bonds. The standard InChI is InChI=1S/C21H24N2O4S2/c24-17(11-13-6-5-12-3-1-2-4-14(12)13)15-7-9-22(28)18(15)20(25)16-8-10-23(29)19(16)21(26)27/h1-6,13,15-16,18-19,28-29H,7-11H2,(H,26,27)/t13?,15?,16?,18-,19+/m1/s1. The van der Waals surface area contributed by atoms with Crippen LogP contribution >= 0.6 is 25.6 Å². The second kappa shape index (κ2) is 8.26. The van der Waals surface area contributed by atoms with Gasteiger partial charge in [-0.2, -0.15) is 0 Å². The third-order valence-electron chi connectivity index (χ3n) is 6.39. The average molecular weight is 433 g/mol. The van der Waals surface area contributed by atoms with Crippen LogP contribution in [-0.4, -0.2) is 56.4 Å². The number of carbonyl (C=O) groups excluding carboxylic acids is 2. The van der Waals surface area contributed by atoms with Gasteiger partial charge >= 0.3 is 5.97 Å². The summed E-state index contributed by atoms with van der Waals surface area (Å²) in [5.41, 5.74) is 2.26. The fourth-order valence-corrected chi connectivity index (χ4v) is 5.69. The maximum absolute atomic E-state index is 13.3. The van der Waals surface area contributed by atoms with Gasteiger partial charge in [-0.15, -0.1) is 0 Å². The fraction of sp³-hybridized carbons (Fsp3) is 0.476. The number of nitrogens with zero attached hydrogens (tertiary/aromatic N) is 2. The smallest absolute Gasteiger partial charge is 0.322 e. The van der Waals surface area contributed by atoms with Gasteiger partial charge in [0.25, 0.3) is 0 Å². The minimum absolute atomic E-state index is 0.0228. The van der Waals surface area contributed by atoms with Gasteiger partial charge in [0.15, 0.2) is 5.78 Å². The van der Waals surface area contributed by atoms with Crippen molar-refractivity contribution in [1.29, 1.82) is 0 Å². The number of carboxylic acid groups (broad SMARTS) is 1. The van der Waals surface area contributed by atoms with Gasteiger partial charge in [-0.3, -0.25) is 14.4 Å². The van der Waals surface area contributed by atoms with Crippen LogP contribution in [-0.2, 0) is 14.4 Å². The average Bonchev–Trinajstić information content (AvgIpc) is 3.38. The van der Waals surface area contributed by atoms with Crippen LogP contribution in [0.5, 0.6) is 0 Å². The van der Waals surface area contributed by atoms with Crippen molar-refractivity contribution < 1.29 is 19.5 Å². The molecule has 0 saturated carbocycles. The molecule has 154 valence electrons. The van der Waals surface area contributed by atoms with E-state index in [2.05, 4.69) is 25.6 Å². The van der Waals surface area contributed by atoms with Crippen LogP contribution in [0.4, 0.5) is 0 Å². The number of allylic oxidation sites excluding steroid dienone is 1. The van der Waals surface area contributed by atoms with Crippen molar-refractivity contribution in [2.24, 2.45) is 11.8 Å². The summed E-state index contributed by atoms with van der Waals surface area (Å²) in [5, 5.41) is 9.52. The van der Waals surface area contributed by atoms with Crippen LogP contribution in [0.15, 0.2) is 30.3 Å². The maximum atomic E-state index is 13.3. The molecule has 29 heavy (non-hydrogen) atoms. The molecule has 1 aromatic carbocycles. The number of aliphatic carboxylic acids is 1. The molecule has 2 fully saturated rings. The van der Waals surface area contributed by atoms with E-state index in [4.69, 9.17) is 0 Å². The van der Waals surface area contributed by atoms with Gasteiger partial charge in [-0.05, 0) is 24.0 Å². The van der Waals surface area contributed by atoms with Gasteiger partial charge in [0.2, 0.25) is 0 Å². The Bertz CT molecular complexity index is 874. The first-order chi connectivity index (χ1) is 13.9. The van der Waals surface area contributed by atoms with Gasteiger partial charge < -0.3 is 5.11 Å². The molecule has 0 aromatic heterocycles. The number of carbonyl (C=O) groups is 3. The number of rotatable bonds is 6. The molecule has 3 unspecified atom stereocenters. The predicted molar refractivity (Wildman–Crippen MR) is 116 cm³/mol. The summed E-state index contributed by atoms with van der Waals surface area (Å²) in [6, 6.07) is 6.36. The lowest BCUT2D eigenvalue weighted by molar-refractivity contribution is -0.145. The molecule has 3 aliphatic rings. The normalized spacial score (nSPS) is 31.9. The van der Waals surface area contributed by atoms with Crippen LogP contribution in [0.1, 0.15) is 36.3 Å². The Morgan fingerprint density at radius 1 is 1.00 bits per heavy atom. The van der Waals surface area contributed by atoms with E-state index in [9.17, 15) is 19.5 Å². The molecule has 1 aliphatic carbocycles. The lowest BCUT2D eigenvalue weighted by Crippen LogP contribution is -2.46. The molecule has 8 heteroatoms. The third-order valence-corrected chi connectivity index (χ3v) is 7.29. The molecule has 2 saturated heterocycles. The molecule has 0 radical (unpaired) electrons. The van der Waals surface area contributed by atoms with Crippen molar-refractivity contribution in [3.8, 4) is 0 Å². The van der Waals surface area contributed by atoms with Gasteiger partial charge in [-0.1, -0.05) is 62.0 Å². The van der Waals surface area contributed by atoms with Crippen molar-refractivity contribution in [2.45, 2.75) is 37.3 Å². The lowest BCUT2D eigenvalue weighted by atomic mass is 9.81. The Morgan fingerprint density at radius 3 is 2.38 bits per heavy atom. The van der Waals surface area contributed by atoms with Crippen molar-refractivity contribution in [3.05, 3.63) is 41.5 Å². The lowest BCUT2D eigenvalue weighted by Gasteiger charge is -2.27. The zero-order valence-electron chi connectivity index (χ0n) is 15.8. The minimum atomic E-state index is -1.06. The molecule has 2 aliphatic heterocycles. The molecule has 1 aromatic rings. The summed E-state index contributed by atoms with van der Waals surface area (Å²) in [4.78, 5) is 38.1. The summed E-state index contributed by atoms with van der Waals surface area (Å²) < 4.78 is 3.02. The first-order valence-corrected chi connectivity index (χ1v) is 10.7. The first kappa shape index (κ1) is 20.7. The van der Waals surface area contributed by atoms with Crippen LogP contribution in [0.25, 0.3) is 6.08 Å². The van der Waals surface area contributed by atoms with E-state index in [0.29, 0.717) is 32.4 Å². The van der Waals surface area contributed by atoms with Crippen LogP contribution < -0.4 is 0 Å². The van der Waals surface area contributed by atoms with Crippen molar-refractivity contribution >= 4 is 49.2 Å². The predicted octanol–water partition coefficient (Wildman–Crippen LogP) is 2.48. The molecule has 0 spiro atoms. The molecule has 6 nitrogen and oxygen atoms in total. The number of fused-ring (bicyclic) bond motifs is 1. The summed E-state index contributed by atoms with van der Waals surface area (Å²) >= 11 is 8.64. The fourth-order valence-electron chi connectivity index (χ4n) is 4.92. The van der Waals surface area contributed by atoms with Crippen LogP contribution in [0.3, 0.4) is 0 Å². The highest BCUT2D eigenvalue weighted by Crippen LogP contribution is 2.38. The number of hydrogen-bond donors (Lipinski definition) is 3. The summed E-state index contributed by atoms with van der Waals surface area (Å²) in [6.07, 6.45) is 5.41. The van der Waals surface area contributed by atoms with Gasteiger partial charge in [0, 0.05) is 37.3 Å². The second-order valence-corrected chi connectivity index (χ2v) is 9.04. The number of ketones is 2. The van der Waals surface area contributed by atoms with E-state index in [0.717, 1.165) is 11.1 Å². The van der Waals surface area contributed by atoms with Crippen molar-refractivity contribution in [1.82, 2.24) is 8.61 Å². The van der Waals surface area contributed by atoms with Gasteiger partial charge in [0.05, 0.1) is 6.04 Å². The Balaban J connectivity index is 1.50. The van der Waals surface area contributed by atoms with E-state index in [1.54, 1.807) is 4.31 Å². The van der Waals surface area contributed by atoms with E-state index < -0.39 is 29.9 Å². The first-order valence-electron chi connectivity index (χ1n) is 9.86. The van der Waals surface area contributed by atoms with E-state index in [1.165, 1.54) is 4.31 Å². The highest BCUT2D eigenvalue weighted by molar-refractivity contribution is 7.78. The molecule has 0 bridgehead atoms. The van der Waals surface area contributed by atoms with Crippen LogP contribution in [0, 0.1) is 11.8 Å². The summed E-state index contributed by atoms with van der Waals surface area (Å²) in [7, 11) is 0. The Hall–Kier alpha value is -1.61. The minimum Gasteiger partial charge on any atom is -0.480 e. The van der Waals surface area contributed by atoms with E-state index in [-0.39, 0.29) is 17.5 Å². The monoisotopic (exact) mass is 432 g/mol. The Kier molecular flexibility index (Phi) is 5.88. The molecule has 4 rings (SSSR count). The van der Waals surface area contributed by atoms with Gasteiger partial charge in [0.1, 0.15) is 11.8 Å². The second-order valence-electron chi connectivity index (χ2n) is 8.01. The van der Waals surface area contributed by atoms with E-state index >= 15 is 0 Å².